The first-order chi connectivity index (χ1) is 6.83. The van der Waals surface area contributed by atoms with Gasteiger partial charge in [0.05, 0.1) is 5.52 Å². The number of halogens is 1. The van der Waals surface area contributed by atoms with Crippen LogP contribution in [0.15, 0.2) is 30.5 Å². The van der Waals surface area contributed by atoms with E-state index in [2.05, 4.69) is 0 Å². The molecule has 2 nitrogen and oxygen atoms in total. The molecule has 0 atom stereocenters. The van der Waals surface area contributed by atoms with Crippen LogP contribution in [0.5, 0.6) is 0 Å². The molecule has 0 N–H and O–H groups in total. The zero-order valence-corrected chi connectivity index (χ0v) is 8.03. The zero-order chi connectivity index (χ0) is 9.97. The van der Waals surface area contributed by atoms with E-state index in [1.54, 1.807) is 12.1 Å². The Kier molecular flexibility index (Phi) is 2.50. The summed E-state index contributed by atoms with van der Waals surface area (Å²) in [5.41, 5.74) is 0.874. The van der Waals surface area contributed by atoms with Crippen LogP contribution in [0.2, 0.25) is 0 Å². The van der Waals surface area contributed by atoms with Crippen molar-refractivity contribution in [1.29, 1.82) is 0 Å². The first-order valence-electron chi connectivity index (χ1n) is 4.64. The van der Waals surface area contributed by atoms with Crippen molar-refractivity contribution in [2.24, 2.45) is 0 Å². The molecule has 0 unspecified atom stereocenters. The maximum Gasteiger partial charge on any atom is 0.132 e. The lowest BCUT2D eigenvalue weighted by Crippen LogP contribution is -2.00. The number of aromatic nitrogens is 1. The van der Waals surface area contributed by atoms with Crippen molar-refractivity contribution in [1.82, 2.24) is 4.57 Å². The second-order valence-electron chi connectivity index (χ2n) is 3.08. The molecule has 0 radical (unpaired) electrons. The second-order valence-corrected chi connectivity index (χ2v) is 3.08. The van der Waals surface area contributed by atoms with Gasteiger partial charge in [-0.05, 0) is 25.1 Å². The molecule has 1 heterocycles. The Morgan fingerprint density at radius 1 is 1.36 bits per heavy atom. The summed E-state index contributed by atoms with van der Waals surface area (Å²) >= 11 is 0. The van der Waals surface area contributed by atoms with E-state index in [1.165, 1.54) is 6.07 Å². The predicted molar refractivity (Wildman–Crippen MR) is 53.5 cm³/mol. The summed E-state index contributed by atoms with van der Waals surface area (Å²) < 4.78 is 20.4. The van der Waals surface area contributed by atoms with Gasteiger partial charge in [0.15, 0.2) is 0 Å². The largest absolute Gasteiger partial charge is 0.361 e. The third-order valence-electron chi connectivity index (χ3n) is 2.19. The molecule has 0 bridgehead atoms. The highest BCUT2D eigenvalue weighted by atomic mass is 19.1. The van der Waals surface area contributed by atoms with E-state index in [0.29, 0.717) is 18.7 Å². The molecular formula is C11H12FNO. The van der Waals surface area contributed by atoms with Crippen LogP contribution < -0.4 is 0 Å². The van der Waals surface area contributed by atoms with Crippen LogP contribution in [-0.4, -0.2) is 11.2 Å². The van der Waals surface area contributed by atoms with Crippen LogP contribution in [0, 0.1) is 5.82 Å². The molecule has 2 aromatic rings. The number of benzene rings is 1. The summed E-state index contributed by atoms with van der Waals surface area (Å²) in [7, 11) is 0. The summed E-state index contributed by atoms with van der Waals surface area (Å²) in [5.74, 6) is -0.183. The monoisotopic (exact) mass is 193 g/mol. The smallest absolute Gasteiger partial charge is 0.132 e. The van der Waals surface area contributed by atoms with E-state index in [4.69, 9.17) is 4.74 Å². The predicted octanol–water partition coefficient (Wildman–Crippen LogP) is 2.77. The third kappa shape index (κ3) is 1.51. The number of hydrogen-bond donors (Lipinski definition) is 0. The fraction of sp³-hybridized carbons (Fsp3) is 0.273. The zero-order valence-electron chi connectivity index (χ0n) is 8.03. The number of nitrogens with zero attached hydrogens (tertiary/aromatic N) is 1. The highest BCUT2D eigenvalue weighted by Gasteiger charge is 2.03. The second kappa shape index (κ2) is 3.80. The van der Waals surface area contributed by atoms with Crippen molar-refractivity contribution in [3.05, 3.63) is 36.3 Å². The fourth-order valence-electron chi connectivity index (χ4n) is 1.49. The first-order valence-corrected chi connectivity index (χ1v) is 4.64. The molecule has 0 aliphatic rings. The van der Waals surface area contributed by atoms with Gasteiger partial charge in [0.25, 0.3) is 0 Å². The van der Waals surface area contributed by atoms with Gasteiger partial charge in [-0.25, -0.2) is 4.39 Å². The van der Waals surface area contributed by atoms with Gasteiger partial charge in [-0.1, -0.05) is 6.07 Å². The Hall–Kier alpha value is -1.35. The number of ether oxygens (including phenoxy) is 1. The molecule has 1 aromatic heterocycles. The number of fused-ring (bicyclic) bond motifs is 1. The van der Waals surface area contributed by atoms with Crippen molar-refractivity contribution >= 4 is 10.9 Å². The van der Waals surface area contributed by atoms with Crippen LogP contribution in [0.1, 0.15) is 6.92 Å². The van der Waals surface area contributed by atoms with E-state index < -0.39 is 0 Å². The maximum absolute atomic E-state index is 13.3. The molecule has 0 amide bonds. The minimum absolute atomic E-state index is 0.183. The molecule has 0 saturated carbocycles. The minimum atomic E-state index is -0.183. The van der Waals surface area contributed by atoms with Gasteiger partial charge in [0.1, 0.15) is 12.5 Å². The average molecular weight is 193 g/mol. The molecule has 0 aliphatic heterocycles. The van der Waals surface area contributed by atoms with Crippen LogP contribution in [-0.2, 0) is 11.5 Å². The molecule has 0 aliphatic carbocycles. The molecule has 14 heavy (non-hydrogen) atoms. The van der Waals surface area contributed by atoms with E-state index >= 15 is 0 Å². The van der Waals surface area contributed by atoms with Gasteiger partial charge in [-0.15, -0.1) is 0 Å². The van der Waals surface area contributed by atoms with Gasteiger partial charge in [-0.3, -0.25) is 0 Å². The van der Waals surface area contributed by atoms with E-state index in [0.717, 1.165) is 5.52 Å². The maximum atomic E-state index is 13.3. The average Bonchev–Trinajstić information content (AvgIpc) is 2.60. The fourth-order valence-corrected chi connectivity index (χ4v) is 1.49. The minimum Gasteiger partial charge on any atom is -0.361 e. The molecule has 1 aromatic carbocycles. The third-order valence-corrected chi connectivity index (χ3v) is 2.19. The Labute approximate surface area is 81.9 Å². The van der Waals surface area contributed by atoms with Crippen molar-refractivity contribution < 1.29 is 9.13 Å². The van der Waals surface area contributed by atoms with Gasteiger partial charge >= 0.3 is 0 Å². The standard InChI is InChI=1S/C11H12FNO/c1-2-14-8-13-7-6-9-10(12)4-3-5-11(9)13/h3-7H,2,8H2,1H3. The summed E-state index contributed by atoms with van der Waals surface area (Å²) in [6, 6.07) is 6.83. The van der Waals surface area contributed by atoms with Crippen molar-refractivity contribution in [2.45, 2.75) is 13.7 Å². The molecule has 0 spiro atoms. The molecule has 2 rings (SSSR count). The van der Waals surface area contributed by atoms with Gasteiger partial charge in [0, 0.05) is 18.2 Å². The normalized spacial score (nSPS) is 11.0. The van der Waals surface area contributed by atoms with Crippen molar-refractivity contribution in [2.75, 3.05) is 6.61 Å². The quantitative estimate of drug-likeness (QED) is 0.731. The molecule has 74 valence electrons. The molecule has 3 heteroatoms. The Morgan fingerprint density at radius 2 is 2.21 bits per heavy atom. The SMILES string of the molecule is CCOCn1ccc2c(F)cccc21. The van der Waals surface area contributed by atoms with Crippen LogP contribution in [0.3, 0.4) is 0 Å². The van der Waals surface area contributed by atoms with Crippen molar-refractivity contribution in [3.8, 4) is 0 Å². The highest BCUT2D eigenvalue weighted by molar-refractivity contribution is 5.80. The van der Waals surface area contributed by atoms with Crippen molar-refractivity contribution in [3.63, 3.8) is 0 Å². The van der Waals surface area contributed by atoms with Crippen LogP contribution in [0.25, 0.3) is 10.9 Å². The van der Waals surface area contributed by atoms with Crippen LogP contribution >= 0.6 is 0 Å². The summed E-state index contributed by atoms with van der Waals surface area (Å²) in [6.45, 7) is 3.07. The van der Waals surface area contributed by atoms with E-state index in [1.807, 2.05) is 23.8 Å². The molecule has 0 fully saturated rings. The molecule has 0 saturated heterocycles. The van der Waals surface area contributed by atoms with Gasteiger partial charge in [0.2, 0.25) is 0 Å². The topological polar surface area (TPSA) is 14.2 Å². The lowest BCUT2D eigenvalue weighted by atomic mass is 10.2. The summed E-state index contributed by atoms with van der Waals surface area (Å²) in [6.07, 6.45) is 1.84. The summed E-state index contributed by atoms with van der Waals surface area (Å²) in [5, 5.41) is 0.646. The first kappa shape index (κ1) is 9.21. The lowest BCUT2D eigenvalue weighted by Gasteiger charge is -2.04. The summed E-state index contributed by atoms with van der Waals surface area (Å²) in [4.78, 5) is 0. The van der Waals surface area contributed by atoms with E-state index in [-0.39, 0.29) is 5.82 Å². The molecular weight excluding hydrogens is 181 g/mol. The van der Waals surface area contributed by atoms with Gasteiger partial charge < -0.3 is 9.30 Å². The lowest BCUT2D eigenvalue weighted by molar-refractivity contribution is 0.0909. The Bertz CT molecular complexity index is 436. The van der Waals surface area contributed by atoms with Gasteiger partial charge in [-0.2, -0.15) is 0 Å². The Morgan fingerprint density at radius 3 is 3.00 bits per heavy atom. The number of hydrogen-bond acceptors (Lipinski definition) is 1. The van der Waals surface area contributed by atoms with Crippen LogP contribution in [0.4, 0.5) is 4.39 Å². The highest BCUT2D eigenvalue weighted by Crippen LogP contribution is 2.18. The Balaban J connectivity index is 2.42. The van der Waals surface area contributed by atoms with E-state index in [9.17, 15) is 4.39 Å². The number of rotatable bonds is 3.